The second-order valence-electron chi connectivity index (χ2n) is 8.02. The molecule has 4 rings (SSSR count). The molecule has 1 aromatic carbocycles. The number of hydrogen-bond acceptors (Lipinski definition) is 5. The van der Waals surface area contributed by atoms with Gasteiger partial charge in [-0.05, 0) is 57.1 Å². The first-order valence-corrected chi connectivity index (χ1v) is 12.0. The molecule has 1 saturated heterocycles. The molecule has 1 fully saturated rings. The van der Waals surface area contributed by atoms with Gasteiger partial charge in [0.05, 0.1) is 16.3 Å². The van der Waals surface area contributed by atoms with Crippen LogP contribution in [0.4, 0.5) is 0 Å². The van der Waals surface area contributed by atoms with Crippen molar-refractivity contribution in [2.75, 3.05) is 19.6 Å². The Morgan fingerprint density at radius 3 is 2.93 bits per heavy atom. The van der Waals surface area contributed by atoms with Crippen molar-refractivity contribution in [3.8, 4) is 0 Å². The van der Waals surface area contributed by atoms with E-state index in [0.29, 0.717) is 31.4 Å². The maximum absolute atomic E-state index is 13.1. The third-order valence-electron chi connectivity index (χ3n) is 5.92. The second-order valence-corrected chi connectivity index (χ2v) is 9.96. The number of carbonyl (C=O) groups excluding carboxylic acids is 1. The highest BCUT2D eigenvalue weighted by Crippen LogP contribution is 2.26. The average Bonchev–Trinajstić information content (AvgIpc) is 3.13. The second kappa shape index (κ2) is 8.77. The Morgan fingerprint density at radius 2 is 2.13 bits per heavy atom. The molecule has 162 valence electrons. The predicted octanol–water partition coefficient (Wildman–Crippen LogP) is 2.53. The Morgan fingerprint density at radius 1 is 1.27 bits per heavy atom. The maximum atomic E-state index is 13.1. The standard InChI is InChI=1S/C21H27N3O5S/c25-20(22-11-10-15-5-2-1-3-6-15)16-7-4-12-24(14-16)30(27,28)17-8-9-18-19(13-17)29-21(26)23-18/h5,8-9,13,16H,1-4,6-7,10-12,14H2,(H,22,25)(H,23,26)/t16-/m1/s1. The quantitative estimate of drug-likeness (QED) is 0.680. The van der Waals surface area contributed by atoms with Gasteiger partial charge in [-0.1, -0.05) is 11.6 Å². The number of hydrogen-bond donors (Lipinski definition) is 2. The van der Waals surface area contributed by atoms with Gasteiger partial charge in [0.1, 0.15) is 0 Å². The van der Waals surface area contributed by atoms with E-state index in [1.54, 1.807) is 0 Å². The van der Waals surface area contributed by atoms with Crippen LogP contribution in [-0.2, 0) is 14.8 Å². The van der Waals surface area contributed by atoms with Gasteiger partial charge in [-0.2, -0.15) is 4.31 Å². The topological polar surface area (TPSA) is 112 Å². The summed E-state index contributed by atoms with van der Waals surface area (Å²) in [5, 5.41) is 2.98. The van der Waals surface area contributed by atoms with Crippen LogP contribution >= 0.6 is 0 Å². The summed E-state index contributed by atoms with van der Waals surface area (Å²) in [6.45, 7) is 1.12. The van der Waals surface area contributed by atoms with Gasteiger partial charge in [-0.3, -0.25) is 9.78 Å². The first-order valence-electron chi connectivity index (χ1n) is 10.5. The van der Waals surface area contributed by atoms with Crippen molar-refractivity contribution in [2.45, 2.75) is 49.8 Å². The number of amides is 1. The molecule has 2 aliphatic rings. The molecule has 0 radical (unpaired) electrons. The van der Waals surface area contributed by atoms with Gasteiger partial charge in [0.25, 0.3) is 0 Å². The number of H-pyrrole nitrogens is 1. The Balaban J connectivity index is 1.39. The van der Waals surface area contributed by atoms with Crippen LogP contribution in [0.5, 0.6) is 0 Å². The molecular formula is C21H27N3O5S. The van der Waals surface area contributed by atoms with Crippen LogP contribution in [0.25, 0.3) is 11.1 Å². The molecular weight excluding hydrogens is 406 g/mol. The fraction of sp³-hybridized carbons (Fsp3) is 0.524. The minimum atomic E-state index is -3.78. The zero-order chi connectivity index (χ0) is 21.1. The number of fused-ring (bicyclic) bond motifs is 1. The number of piperidine rings is 1. The van der Waals surface area contributed by atoms with Crippen molar-refractivity contribution < 1.29 is 17.6 Å². The van der Waals surface area contributed by atoms with Crippen molar-refractivity contribution in [3.05, 3.63) is 40.4 Å². The van der Waals surface area contributed by atoms with Gasteiger partial charge in [0, 0.05) is 25.7 Å². The molecule has 9 heteroatoms. The van der Waals surface area contributed by atoms with Crippen molar-refractivity contribution >= 4 is 27.0 Å². The zero-order valence-corrected chi connectivity index (χ0v) is 17.7. The Bertz CT molecular complexity index is 1120. The number of nitrogens with one attached hydrogen (secondary N) is 2. The summed E-state index contributed by atoms with van der Waals surface area (Å²) in [7, 11) is -3.78. The molecule has 0 saturated carbocycles. The van der Waals surface area contributed by atoms with Gasteiger partial charge < -0.3 is 9.73 Å². The number of nitrogens with zero attached hydrogens (tertiary/aromatic N) is 1. The third kappa shape index (κ3) is 4.52. The largest absolute Gasteiger partial charge is 0.417 e. The summed E-state index contributed by atoms with van der Waals surface area (Å²) in [4.78, 5) is 26.5. The van der Waals surface area contributed by atoms with E-state index in [9.17, 15) is 18.0 Å². The minimum Gasteiger partial charge on any atom is -0.408 e. The SMILES string of the molecule is O=C(NCCC1=CCCCC1)[C@@H]1CCCN(S(=O)(=O)c2ccc3[nH]c(=O)oc3c2)C1. The van der Waals surface area contributed by atoms with E-state index in [-0.39, 0.29) is 28.8 Å². The molecule has 1 aromatic heterocycles. The Kier molecular flexibility index (Phi) is 6.10. The number of rotatable bonds is 6. The molecule has 2 N–H and O–H groups in total. The van der Waals surface area contributed by atoms with Crippen LogP contribution in [0, 0.1) is 5.92 Å². The van der Waals surface area contributed by atoms with Crippen LogP contribution in [0.2, 0.25) is 0 Å². The van der Waals surface area contributed by atoms with E-state index in [2.05, 4.69) is 16.4 Å². The third-order valence-corrected chi connectivity index (χ3v) is 7.78. The van der Waals surface area contributed by atoms with Crippen molar-refractivity contribution in [3.63, 3.8) is 0 Å². The average molecular weight is 434 g/mol. The monoisotopic (exact) mass is 433 g/mol. The number of aromatic amines is 1. The molecule has 1 atom stereocenters. The fourth-order valence-electron chi connectivity index (χ4n) is 4.23. The number of allylic oxidation sites excluding steroid dienone is 1. The number of aromatic nitrogens is 1. The van der Waals surface area contributed by atoms with E-state index in [0.717, 1.165) is 19.3 Å². The van der Waals surface area contributed by atoms with Crippen LogP contribution < -0.4 is 11.1 Å². The smallest absolute Gasteiger partial charge is 0.408 e. The van der Waals surface area contributed by atoms with Crippen LogP contribution in [0.3, 0.4) is 0 Å². The minimum absolute atomic E-state index is 0.0584. The lowest BCUT2D eigenvalue weighted by atomic mass is 9.96. The van der Waals surface area contributed by atoms with Crippen molar-refractivity contribution in [2.24, 2.45) is 5.92 Å². The van der Waals surface area contributed by atoms with Gasteiger partial charge in [-0.15, -0.1) is 0 Å². The molecule has 1 aliphatic carbocycles. The van der Waals surface area contributed by atoms with E-state index in [4.69, 9.17) is 4.42 Å². The van der Waals surface area contributed by atoms with E-state index >= 15 is 0 Å². The summed E-state index contributed by atoms with van der Waals surface area (Å²) in [6, 6.07) is 4.32. The first kappa shape index (κ1) is 20.9. The maximum Gasteiger partial charge on any atom is 0.417 e. The van der Waals surface area contributed by atoms with Crippen LogP contribution in [0.15, 0.2) is 44.0 Å². The van der Waals surface area contributed by atoms with E-state index in [1.165, 1.54) is 40.9 Å². The molecule has 30 heavy (non-hydrogen) atoms. The Hall–Kier alpha value is -2.39. The van der Waals surface area contributed by atoms with Gasteiger partial charge in [0.15, 0.2) is 5.58 Å². The molecule has 8 nitrogen and oxygen atoms in total. The molecule has 2 aromatic rings. The molecule has 0 spiro atoms. The summed E-state index contributed by atoms with van der Waals surface area (Å²) < 4.78 is 32.5. The highest BCUT2D eigenvalue weighted by Gasteiger charge is 2.33. The van der Waals surface area contributed by atoms with E-state index in [1.807, 2.05) is 0 Å². The lowest BCUT2D eigenvalue weighted by Crippen LogP contribution is -2.45. The van der Waals surface area contributed by atoms with Crippen LogP contribution in [-0.4, -0.2) is 43.2 Å². The summed E-state index contributed by atoms with van der Waals surface area (Å²) in [6.07, 6.45) is 9.12. The van der Waals surface area contributed by atoms with Crippen molar-refractivity contribution in [1.82, 2.24) is 14.6 Å². The summed E-state index contributed by atoms with van der Waals surface area (Å²) in [5.41, 5.74) is 2.05. The van der Waals surface area contributed by atoms with Gasteiger partial charge >= 0.3 is 5.76 Å². The number of carbonyl (C=O) groups is 1. The van der Waals surface area contributed by atoms with Crippen LogP contribution in [0.1, 0.15) is 44.9 Å². The predicted molar refractivity (Wildman–Crippen MR) is 112 cm³/mol. The lowest BCUT2D eigenvalue weighted by Gasteiger charge is -2.31. The van der Waals surface area contributed by atoms with Gasteiger partial charge in [-0.25, -0.2) is 13.2 Å². The van der Waals surface area contributed by atoms with Gasteiger partial charge in [0.2, 0.25) is 15.9 Å². The molecule has 0 bridgehead atoms. The number of oxazole rings is 1. The van der Waals surface area contributed by atoms with E-state index < -0.39 is 15.8 Å². The highest BCUT2D eigenvalue weighted by molar-refractivity contribution is 7.89. The summed E-state index contributed by atoms with van der Waals surface area (Å²) >= 11 is 0. The molecule has 2 heterocycles. The molecule has 1 aliphatic heterocycles. The molecule has 1 amide bonds. The lowest BCUT2D eigenvalue weighted by molar-refractivity contribution is -0.126. The Labute approximate surface area is 175 Å². The van der Waals surface area contributed by atoms with Crippen molar-refractivity contribution in [1.29, 1.82) is 0 Å². The fourth-order valence-corrected chi connectivity index (χ4v) is 5.77. The normalized spacial score (nSPS) is 20.8. The zero-order valence-electron chi connectivity index (χ0n) is 16.9. The number of benzene rings is 1. The first-order chi connectivity index (χ1) is 14.4. The highest BCUT2D eigenvalue weighted by atomic mass is 32.2. The number of sulfonamides is 1. The summed E-state index contributed by atoms with van der Waals surface area (Å²) in [5.74, 6) is -1.07. The molecule has 0 unspecified atom stereocenters.